The van der Waals surface area contributed by atoms with E-state index in [1.165, 1.54) is 16.6 Å². The molecule has 24 heavy (non-hydrogen) atoms. The fourth-order valence-electron chi connectivity index (χ4n) is 3.51. The van der Waals surface area contributed by atoms with E-state index in [9.17, 15) is 0 Å². The van der Waals surface area contributed by atoms with Crippen LogP contribution < -0.4 is 0 Å². The SMILES string of the molecule is C=Cc1c(-c2c(C)ccn2C2C=CC=CC2)[nH]c2ccc(Br)cc12. The second-order valence-corrected chi connectivity index (χ2v) is 7.09. The van der Waals surface area contributed by atoms with Crippen LogP contribution in [0.5, 0.6) is 0 Å². The van der Waals surface area contributed by atoms with E-state index in [2.05, 4.69) is 93.8 Å². The number of benzene rings is 1. The molecule has 3 aromatic rings. The molecule has 1 atom stereocenters. The topological polar surface area (TPSA) is 20.7 Å². The molecule has 120 valence electrons. The number of nitrogens with zero attached hydrogens (tertiary/aromatic N) is 1. The molecule has 0 amide bonds. The van der Waals surface area contributed by atoms with Gasteiger partial charge in [0.25, 0.3) is 0 Å². The van der Waals surface area contributed by atoms with Crippen molar-refractivity contribution in [2.75, 3.05) is 0 Å². The third kappa shape index (κ3) is 2.40. The highest BCUT2D eigenvalue weighted by molar-refractivity contribution is 9.10. The van der Waals surface area contributed by atoms with Crippen molar-refractivity contribution in [1.82, 2.24) is 9.55 Å². The van der Waals surface area contributed by atoms with E-state index in [4.69, 9.17) is 0 Å². The first-order valence-electron chi connectivity index (χ1n) is 8.14. The minimum atomic E-state index is 0.356. The molecule has 0 saturated carbocycles. The molecule has 1 aliphatic carbocycles. The molecule has 1 aliphatic rings. The van der Waals surface area contributed by atoms with E-state index in [-0.39, 0.29) is 0 Å². The molecule has 4 rings (SSSR count). The van der Waals surface area contributed by atoms with Gasteiger partial charge in [0.05, 0.1) is 17.4 Å². The fraction of sp³-hybridized carbons (Fsp3) is 0.143. The smallest absolute Gasteiger partial charge is 0.0708 e. The summed E-state index contributed by atoms with van der Waals surface area (Å²) in [5, 5.41) is 1.20. The molecular formula is C21H19BrN2. The lowest BCUT2D eigenvalue weighted by atomic mass is 10.1. The standard InChI is InChI=1S/C21H19BrN2/c1-3-17-18-13-15(22)9-10-19(18)23-20(17)21-14(2)11-12-24(21)16-7-5-4-6-8-16/h3-7,9-13,16,23H,1,8H2,2H3. The molecule has 2 heterocycles. The number of fused-ring (bicyclic) bond motifs is 1. The summed E-state index contributed by atoms with van der Waals surface area (Å²) >= 11 is 3.58. The summed E-state index contributed by atoms with van der Waals surface area (Å²) in [4.78, 5) is 3.61. The average Bonchev–Trinajstić information content (AvgIpc) is 3.15. The van der Waals surface area contributed by atoms with Crippen LogP contribution in [0.2, 0.25) is 0 Å². The Bertz CT molecular complexity index is 985. The lowest BCUT2D eigenvalue weighted by Crippen LogP contribution is -2.08. The van der Waals surface area contributed by atoms with Crippen molar-refractivity contribution >= 4 is 32.9 Å². The molecule has 0 spiro atoms. The highest BCUT2D eigenvalue weighted by atomic mass is 79.9. The number of hydrogen-bond acceptors (Lipinski definition) is 0. The van der Waals surface area contributed by atoms with Crippen molar-refractivity contribution in [3.63, 3.8) is 0 Å². The van der Waals surface area contributed by atoms with E-state index < -0.39 is 0 Å². The fourth-order valence-corrected chi connectivity index (χ4v) is 3.87. The number of aryl methyl sites for hydroxylation is 1. The lowest BCUT2D eigenvalue weighted by Gasteiger charge is -2.19. The zero-order valence-corrected chi connectivity index (χ0v) is 15.2. The average molecular weight is 379 g/mol. The van der Waals surface area contributed by atoms with Gasteiger partial charge in [-0.15, -0.1) is 0 Å². The maximum absolute atomic E-state index is 4.06. The Balaban J connectivity index is 1.95. The third-order valence-electron chi connectivity index (χ3n) is 4.67. The van der Waals surface area contributed by atoms with Crippen molar-refractivity contribution in [2.24, 2.45) is 0 Å². The Labute approximate surface area is 150 Å². The van der Waals surface area contributed by atoms with Crippen LogP contribution in [0, 0.1) is 6.92 Å². The molecule has 3 heteroatoms. The van der Waals surface area contributed by atoms with Crippen LogP contribution in [0.3, 0.4) is 0 Å². The van der Waals surface area contributed by atoms with Gasteiger partial charge in [0, 0.05) is 27.1 Å². The normalized spacial score (nSPS) is 16.8. The van der Waals surface area contributed by atoms with Gasteiger partial charge in [0.15, 0.2) is 0 Å². The molecule has 1 unspecified atom stereocenters. The Morgan fingerprint density at radius 2 is 2.17 bits per heavy atom. The van der Waals surface area contributed by atoms with Crippen molar-refractivity contribution in [3.05, 3.63) is 76.9 Å². The van der Waals surface area contributed by atoms with Crippen LogP contribution in [-0.2, 0) is 0 Å². The van der Waals surface area contributed by atoms with E-state index in [0.717, 1.165) is 27.7 Å². The molecule has 1 N–H and O–H groups in total. The van der Waals surface area contributed by atoms with Crippen LogP contribution >= 0.6 is 15.9 Å². The first-order chi connectivity index (χ1) is 11.7. The number of allylic oxidation sites excluding steroid dienone is 4. The predicted octanol–water partition coefficient (Wildman–Crippen LogP) is 6.41. The van der Waals surface area contributed by atoms with Crippen molar-refractivity contribution in [1.29, 1.82) is 0 Å². The highest BCUT2D eigenvalue weighted by Crippen LogP contribution is 2.37. The molecule has 0 aliphatic heterocycles. The maximum Gasteiger partial charge on any atom is 0.0708 e. The number of H-pyrrole nitrogens is 1. The van der Waals surface area contributed by atoms with Crippen LogP contribution in [-0.4, -0.2) is 9.55 Å². The van der Waals surface area contributed by atoms with Crippen LogP contribution in [0.1, 0.15) is 23.6 Å². The molecule has 0 saturated heterocycles. The summed E-state index contributed by atoms with van der Waals surface area (Å²) in [7, 11) is 0. The quantitative estimate of drug-likeness (QED) is 0.543. The molecule has 2 nitrogen and oxygen atoms in total. The molecule has 2 aromatic heterocycles. The Morgan fingerprint density at radius 1 is 1.29 bits per heavy atom. The van der Waals surface area contributed by atoms with Gasteiger partial charge in [-0.05, 0) is 43.2 Å². The summed E-state index contributed by atoms with van der Waals surface area (Å²) in [5.74, 6) is 0. The van der Waals surface area contributed by atoms with Gasteiger partial charge < -0.3 is 9.55 Å². The second kappa shape index (κ2) is 5.99. The highest BCUT2D eigenvalue weighted by Gasteiger charge is 2.19. The number of rotatable bonds is 3. The maximum atomic E-state index is 4.06. The van der Waals surface area contributed by atoms with E-state index in [1.54, 1.807) is 0 Å². The second-order valence-electron chi connectivity index (χ2n) is 6.18. The number of aromatic amines is 1. The number of halogens is 1. The van der Waals surface area contributed by atoms with Gasteiger partial charge >= 0.3 is 0 Å². The summed E-state index contributed by atoms with van der Waals surface area (Å²) in [6, 6.07) is 8.88. The van der Waals surface area contributed by atoms with Gasteiger partial charge in [-0.25, -0.2) is 0 Å². The monoisotopic (exact) mass is 378 g/mol. The van der Waals surface area contributed by atoms with Gasteiger partial charge in [-0.2, -0.15) is 0 Å². The Kier molecular flexibility index (Phi) is 3.81. The van der Waals surface area contributed by atoms with E-state index >= 15 is 0 Å². The zero-order chi connectivity index (χ0) is 16.7. The summed E-state index contributed by atoms with van der Waals surface area (Å²) < 4.78 is 3.44. The first-order valence-corrected chi connectivity index (χ1v) is 8.93. The molecular weight excluding hydrogens is 360 g/mol. The largest absolute Gasteiger partial charge is 0.353 e. The van der Waals surface area contributed by atoms with E-state index in [0.29, 0.717) is 6.04 Å². The summed E-state index contributed by atoms with van der Waals surface area (Å²) in [5.41, 5.74) is 5.94. The lowest BCUT2D eigenvalue weighted by molar-refractivity contribution is 0.615. The summed E-state index contributed by atoms with van der Waals surface area (Å²) in [6.45, 7) is 6.22. The zero-order valence-electron chi connectivity index (χ0n) is 13.6. The van der Waals surface area contributed by atoms with Crippen molar-refractivity contribution in [2.45, 2.75) is 19.4 Å². The van der Waals surface area contributed by atoms with E-state index in [1.807, 2.05) is 6.08 Å². The first kappa shape index (κ1) is 15.3. The van der Waals surface area contributed by atoms with Crippen molar-refractivity contribution < 1.29 is 0 Å². The number of hydrogen-bond donors (Lipinski definition) is 1. The van der Waals surface area contributed by atoms with Gasteiger partial charge in [-0.1, -0.05) is 52.9 Å². The van der Waals surface area contributed by atoms with Gasteiger partial charge in [-0.3, -0.25) is 0 Å². The van der Waals surface area contributed by atoms with Gasteiger partial charge in [0.2, 0.25) is 0 Å². The Morgan fingerprint density at radius 3 is 2.92 bits per heavy atom. The summed E-state index contributed by atoms with van der Waals surface area (Å²) in [6.07, 6.45) is 13.9. The van der Waals surface area contributed by atoms with Crippen LogP contribution in [0.25, 0.3) is 28.4 Å². The van der Waals surface area contributed by atoms with Gasteiger partial charge in [0.1, 0.15) is 0 Å². The molecule has 1 aromatic carbocycles. The van der Waals surface area contributed by atoms with Crippen molar-refractivity contribution in [3.8, 4) is 11.4 Å². The number of aromatic nitrogens is 2. The van der Waals surface area contributed by atoms with Crippen LogP contribution in [0.15, 0.2) is 65.8 Å². The molecule has 0 radical (unpaired) electrons. The minimum Gasteiger partial charge on any atom is -0.353 e. The Hall–Kier alpha value is -2.26. The molecule has 0 fully saturated rings. The predicted molar refractivity (Wildman–Crippen MR) is 106 cm³/mol. The number of nitrogens with one attached hydrogen (secondary N) is 1. The van der Waals surface area contributed by atoms with Crippen LogP contribution in [0.4, 0.5) is 0 Å². The molecule has 0 bridgehead atoms. The minimum absolute atomic E-state index is 0.356. The third-order valence-corrected chi connectivity index (χ3v) is 5.17.